The molecule has 1 aromatic rings. The van der Waals surface area contributed by atoms with Gasteiger partial charge in [0.1, 0.15) is 0 Å². The van der Waals surface area contributed by atoms with Crippen LogP contribution in [-0.4, -0.2) is 23.1 Å². The minimum atomic E-state index is 0. The van der Waals surface area contributed by atoms with Crippen molar-refractivity contribution in [2.75, 3.05) is 13.1 Å². The van der Waals surface area contributed by atoms with E-state index in [0.717, 1.165) is 31.1 Å². The van der Waals surface area contributed by atoms with Crippen LogP contribution in [0.25, 0.3) is 0 Å². The van der Waals surface area contributed by atoms with E-state index in [1.807, 2.05) is 6.20 Å². The third-order valence-corrected chi connectivity index (χ3v) is 2.57. The van der Waals surface area contributed by atoms with Gasteiger partial charge in [-0.1, -0.05) is 0 Å². The first-order valence-corrected chi connectivity index (χ1v) is 4.91. The van der Waals surface area contributed by atoms with Crippen LogP contribution in [0.15, 0.2) is 18.6 Å². The van der Waals surface area contributed by atoms with Crippen molar-refractivity contribution in [2.24, 2.45) is 5.92 Å². The fourth-order valence-electron chi connectivity index (χ4n) is 1.82. The Morgan fingerprint density at radius 3 is 2.53 bits per heavy atom. The van der Waals surface area contributed by atoms with Gasteiger partial charge in [0.25, 0.3) is 0 Å². The summed E-state index contributed by atoms with van der Waals surface area (Å²) in [5.41, 5.74) is 1.13. The van der Waals surface area contributed by atoms with E-state index in [4.69, 9.17) is 0 Å². The smallest absolute Gasteiger partial charge is 0.0589 e. The zero-order valence-corrected chi connectivity index (χ0v) is 10.2. The van der Waals surface area contributed by atoms with Gasteiger partial charge >= 0.3 is 0 Å². The van der Waals surface area contributed by atoms with E-state index in [2.05, 4.69) is 15.3 Å². The molecule has 86 valence electrons. The summed E-state index contributed by atoms with van der Waals surface area (Å²) < 4.78 is 0. The highest BCUT2D eigenvalue weighted by atomic mass is 35.5. The molecule has 1 N–H and O–H groups in total. The lowest BCUT2D eigenvalue weighted by molar-refractivity contribution is 0.370. The second kappa shape index (κ2) is 7.85. The zero-order chi connectivity index (χ0) is 8.93. The molecule has 3 nitrogen and oxygen atoms in total. The summed E-state index contributed by atoms with van der Waals surface area (Å²) in [5.74, 6) is 0.804. The summed E-state index contributed by atoms with van der Waals surface area (Å²) in [6, 6.07) is 0. The standard InChI is InChI=1S/C10H15N3.2ClH/c1-3-11-4-2-9(1)7-10-8-12-5-6-13-10;;/h5-6,8-9,11H,1-4,7H2;2*1H. The number of halogens is 2. The van der Waals surface area contributed by atoms with Crippen molar-refractivity contribution in [1.82, 2.24) is 15.3 Å². The van der Waals surface area contributed by atoms with Crippen LogP contribution in [-0.2, 0) is 6.42 Å². The molecule has 0 aliphatic carbocycles. The van der Waals surface area contributed by atoms with Crippen LogP contribution in [0.2, 0.25) is 0 Å². The molecule has 0 radical (unpaired) electrons. The lowest BCUT2D eigenvalue weighted by Crippen LogP contribution is -2.28. The summed E-state index contributed by atoms with van der Waals surface area (Å²) in [4.78, 5) is 8.36. The van der Waals surface area contributed by atoms with Crippen molar-refractivity contribution in [3.63, 3.8) is 0 Å². The van der Waals surface area contributed by atoms with Gasteiger partial charge in [-0.05, 0) is 38.3 Å². The van der Waals surface area contributed by atoms with Gasteiger partial charge in [0.05, 0.1) is 5.69 Å². The molecule has 5 heteroatoms. The van der Waals surface area contributed by atoms with Crippen molar-refractivity contribution in [3.8, 4) is 0 Å². The maximum atomic E-state index is 4.29. The number of rotatable bonds is 2. The van der Waals surface area contributed by atoms with Gasteiger partial charge in [0.15, 0.2) is 0 Å². The van der Waals surface area contributed by atoms with E-state index in [9.17, 15) is 0 Å². The van der Waals surface area contributed by atoms with Crippen LogP contribution < -0.4 is 5.32 Å². The second-order valence-corrected chi connectivity index (χ2v) is 3.59. The molecule has 0 saturated carbocycles. The first-order chi connectivity index (χ1) is 6.45. The lowest BCUT2D eigenvalue weighted by Gasteiger charge is -2.21. The molecule has 15 heavy (non-hydrogen) atoms. The van der Waals surface area contributed by atoms with Gasteiger partial charge in [-0.25, -0.2) is 0 Å². The van der Waals surface area contributed by atoms with E-state index >= 15 is 0 Å². The average molecular weight is 250 g/mol. The number of nitrogens with zero attached hydrogens (tertiary/aromatic N) is 2. The normalized spacial score (nSPS) is 16.3. The van der Waals surface area contributed by atoms with Gasteiger partial charge in [-0.3, -0.25) is 9.97 Å². The number of hydrogen-bond acceptors (Lipinski definition) is 3. The lowest BCUT2D eigenvalue weighted by atomic mass is 9.93. The topological polar surface area (TPSA) is 37.8 Å². The van der Waals surface area contributed by atoms with Crippen molar-refractivity contribution in [2.45, 2.75) is 19.3 Å². The van der Waals surface area contributed by atoms with E-state index in [-0.39, 0.29) is 24.8 Å². The molecule has 0 amide bonds. The SMILES string of the molecule is Cl.Cl.c1cnc(CC2CCNCC2)cn1. The van der Waals surface area contributed by atoms with Gasteiger partial charge < -0.3 is 5.32 Å². The molecule has 1 fully saturated rings. The second-order valence-electron chi connectivity index (χ2n) is 3.59. The van der Waals surface area contributed by atoms with Crippen LogP contribution in [0.1, 0.15) is 18.5 Å². The Hall–Kier alpha value is -0.380. The fraction of sp³-hybridized carbons (Fsp3) is 0.600. The number of aromatic nitrogens is 2. The quantitative estimate of drug-likeness (QED) is 0.870. The highest BCUT2D eigenvalue weighted by Gasteiger charge is 2.13. The molecule has 0 aromatic carbocycles. The van der Waals surface area contributed by atoms with E-state index in [0.29, 0.717) is 0 Å². The Morgan fingerprint density at radius 2 is 1.93 bits per heavy atom. The third kappa shape index (κ3) is 4.78. The van der Waals surface area contributed by atoms with Crippen LogP contribution in [0.5, 0.6) is 0 Å². The largest absolute Gasteiger partial charge is 0.317 e. The van der Waals surface area contributed by atoms with Crippen LogP contribution in [0.3, 0.4) is 0 Å². The molecular weight excluding hydrogens is 233 g/mol. The van der Waals surface area contributed by atoms with Crippen molar-refractivity contribution >= 4 is 24.8 Å². The Labute approximate surface area is 103 Å². The van der Waals surface area contributed by atoms with Crippen LogP contribution in [0.4, 0.5) is 0 Å². The maximum absolute atomic E-state index is 4.29. The zero-order valence-electron chi connectivity index (χ0n) is 8.56. The molecule has 2 heterocycles. The molecular formula is C10H17Cl2N3. The van der Waals surface area contributed by atoms with Crippen molar-refractivity contribution < 1.29 is 0 Å². The summed E-state index contributed by atoms with van der Waals surface area (Å²) in [6.45, 7) is 2.32. The monoisotopic (exact) mass is 249 g/mol. The summed E-state index contributed by atoms with van der Waals surface area (Å²) in [7, 11) is 0. The Balaban J connectivity index is 0.000000980. The molecule has 0 bridgehead atoms. The first-order valence-electron chi connectivity index (χ1n) is 4.91. The predicted molar refractivity (Wildman–Crippen MR) is 65.8 cm³/mol. The average Bonchev–Trinajstić information content (AvgIpc) is 2.21. The number of piperidine rings is 1. The summed E-state index contributed by atoms with van der Waals surface area (Å²) in [5, 5.41) is 3.36. The number of hydrogen-bond donors (Lipinski definition) is 1. The van der Waals surface area contributed by atoms with E-state index in [1.54, 1.807) is 12.4 Å². The Kier molecular flexibility index (Phi) is 7.65. The molecule has 1 aliphatic rings. The molecule has 1 aliphatic heterocycles. The summed E-state index contributed by atoms with van der Waals surface area (Å²) >= 11 is 0. The van der Waals surface area contributed by atoms with Gasteiger partial charge in [-0.2, -0.15) is 0 Å². The molecule has 0 atom stereocenters. The highest BCUT2D eigenvalue weighted by Crippen LogP contribution is 2.15. The van der Waals surface area contributed by atoms with E-state index < -0.39 is 0 Å². The van der Waals surface area contributed by atoms with Gasteiger partial charge in [0.2, 0.25) is 0 Å². The minimum absolute atomic E-state index is 0. The van der Waals surface area contributed by atoms with Gasteiger partial charge in [0, 0.05) is 18.6 Å². The molecule has 0 unspecified atom stereocenters. The van der Waals surface area contributed by atoms with Crippen molar-refractivity contribution in [1.29, 1.82) is 0 Å². The molecule has 1 saturated heterocycles. The van der Waals surface area contributed by atoms with Crippen LogP contribution in [0, 0.1) is 5.92 Å². The summed E-state index contributed by atoms with van der Waals surface area (Å²) in [6.07, 6.45) is 9.02. The Morgan fingerprint density at radius 1 is 1.20 bits per heavy atom. The molecule has 0 spiro atoms. The predicted octanol–water partition coefficient (Wildman–Crippen LogP) is 1.86. The maximum Gasteiger partial charge on any atom is 0.0589 e. The fourth-order valence-corrected chi connectivity index (χ4v) is 1.82. The minimum Gasteiger partial charge on any atom is -0.317 e. The van der Waals surface area contributed by atoms with Gasteiger partial charge in [-0.15, -0.1) is 24.8 Å². The van der Waals surface area contributed by atoms with Crippen LogP contribution >= 0.6 is 24.8 Å². The first kappa shape index (κ1) is 14.6. The molecule has 1 aromatic heterocycles. The number of nitrogens with one attached hydrogen (secondary N) is 1. The highest BCUT2D eigenvalue weighted by molar-refractivity contribution is 5.85. The van der Waals surface area contributed by atoms with E-state index in [1.165, 1.54) is 12.8 Å². The van der Waals surface area contributed by atoms with Crippen molar-refractivity contribution in [3.05, 3.63) is 24.3 Å². The Bertz CT molecular complexity index is 250. The molecule has 2 rings (SSSR count). The third-order valence-electron chi connectivity index (χ3n) is 2.57.